The Hall–Kier alpha value is -2.09. The Labute approximate surface area is 183 Å². The van der Waals surface area contributed by atoms with Gasteiger partial charge in [0, 0.05) is 44.7 Å². The number of rotatable bonds is 9. The fourth-order valence-electron chi connectivity index (χ4n) is 3.26. The van der Waals surface area contributed by atoms with Crippen LogP contribution in [0.5, 0.6) is 0 Å². The van der Waals surface area contributed by atoms with Crippen LogP contribution < -0.4 is 10.6 Å². The van der Waals surface area contributed by atoms with Crippen LogP contribution in [0, 0.1) is 5.82 Å². The van der Waals surface area contributed by atoms with Crippen molar-refractivity contribution in [2.24, 2.45) is 4.99 Å². The van der Waals surface area contributed by atoms with Crippen molar-refractivity contribution in [2.45, 2.75) is 24.4 Å². The van der Waals surface area contributed by atoms with Crippen LogP contribution >= 0.6 is 11.8 Å². The Morgan fingerprint density at radius 2 is 1.87 bits per heavy atom. The van der Waals surface area contributed by atoms with E-state index < -0.39 is 0 Å². The van der Waals surface area contributed by atoms with Crippen LogP contribution in [0.2, 0.25) is 0 Å². The number of nitrogens with zero attached hydrogens (tertiary/aromatic N) is 2. The second kappa shape index (κ2) is 12.6. The number of guanidine groups is 1. The molecule has 0 radical (unpaired) electrons. The van der Waals surface area contributed by atoms with Gasteiger partial charge >= 0.3 is 0 Å². The Bertz CT molecular complexity index is 794. The van der Waals surface area contributed by atoms with Crippen LogP contribution in [0.15, 0.2) is 58.4 Å². The van der Waals surface area contributed by atoms with E-state index >= 15 is 0 Å². The van der Waals surface area contributed by atoms with Gasteiger partial charge in [-0.15, -0.1) is 11.8 Å². The molecule has 1 aliphatic heterocycles. The third kappa shape index (κ3) is 7.97. The van der Waals surface area contributed by atoms with Gasteiger partial charge in [-0.3, -0.25) is 9.89 Å². The zero-order valence-electron chi connectivity index (χ0n) is 17.6. The molecule has 0 saturated carbocycles. The van der Waals surface area contributed by atoms with E-state index in [4.69, 9.17) is 4.74 Å². The molecule has 2 N–H and O–H groups in total. The van der Waals surface area contributed by atoms with Gasteiger partial charge in [0.05, 0.1) is 13.2 Å². The van der Waals surface area contributed by atoms with Gasteiger partial charge in [-0.1, -0.05) is 24.3 Å². The van der Waals surface area contributed by atoms with E-state index in [-0.39, 0.29) is 5.82 Å². The van der Waals surface area contributed by atoms with Gasteiger partial charge in [0.25, 0.3) is 0 Å². The van der Waals surface area contributed by atoms with Crippen LogP contribution in [-0.2, 0) is 17.8 Å². The maximum Gasteiger partial charge on any atom is 0.191 e. The third-order valence-corrected chi connectivity index (χ3v) is 5.98. The van der Waals surface area contributed by atoms with E-state index in [2.05, 4.69) is 44.8 Å². The maximum atomic E-state index is 12.9. The van der Waals surface area contributed by atoms with E-state index in [1.165, 1.54) is 23.3 Å². The third-order valence-electron chi connectivity index (χ3n) is 4.88. The zero-order valence-corrected chi connectivity index (χ0v) is 18.4. The number of hydrogen-bond acceptors (Lipinski definition) is 4. The number of morpholine rings is 1. The van der Waals surface area contributed by atoms with E-state index in [0.717, 1.165) is 69.0 Å². The Morgan fingerprint density at radius 1 is 1.10 bits per heavy atom. The Balaban J connectivity index is 1.35. The van der Waals surface area contributed by atoms with Crippen LogP contribution in [0.4, 0.5) is 4.39 Å². The molecule has 0 aromatic heterocycles. The monoisotopic (exact) mass is 430 g/mol. The number of thioether (sulfide) groups is 1. The molecule has 30 heavy (non-hydrogen) atoms. The molecule has 0 aliphatic carbocycles. The lowest BCUT2D eigenvalue weighted by atomic mass is 10.1. The van der Waals surface area contributed by atoms with Gasteiger partial charge in [-0.25, -0.2) is 4.39 Å². The first kappa shape index (κ1) is 22.6. The molecule has 1 saturated heterocycles. The molecule has 1 aliphatic rings. The molecule has 0 unspecified atom stereocenters. The molecule has 2 aromatic carbocycles. The van der Waals surface area contributed by atoms with Crippen LogP contribution in [-0.4, -0.2) is 56.5 Å². The quantitative estimate of drug-likeness (QED) is 0.276. The predicted octanol–water partition coefficient (Wildman–Crippen LogP) is 3.51. The summed E-state index contributed by atoms with van der Waals surface area (Å²) in [6, 6.07) is 15.4. The summed E-state index contributed by atoms with van der Waals surface area (Å²) in [5.74, 6) is 1.59. The summed E-state index contributed by atoms with van der Waals surface area (Å²) < 4.78 is 18.4. The SMILES string of the molecule is CN=C(NCCCSc1ccc(F)cc1)NCc1cccc(CN2CCOCC2)c1. The zero-order chi connectivity index (χ0) is 21.0. The number of aliphatic imine (C=N–C) groups is 1. The van der Waals surface area contributed by atoms with E-state index in [9.17, 15) is 4.39 Å². The van der Waals surface area contributed by atoms with Crippen molar-refractivity contribution in [3.05, 3.63) is 65.5 Å². The van der Waals surface area contributed by atoms with Gasteiger partial charge in [0.1, 0.15) is 5.82 Å². The smallest absolute Gasteiger partial charge is 0.191 e. The van der Waals surface area contributed by atoms with Crippen LogP contribution in [0.1, 0.15) is 17.5 Å². The van der Waals surface area contributed by atoms with E-state index in [1.54, 1.807) is 18.8 Å². The minimum Gasteiger partial charge on any atom is -0.379 e. The second-order valence-corrected chi connectivity index (χ2v) is 8.39. The lowest BCUT2D eigenvalue weighted by Gasteiger charge is -2.26. The molecule has 0 bridgehead atoms. The van der Waals surface area contributed by atoms with Gasteiger partial charge in [0.15, 0.2) is 5.96 Å². The van der Waals surface area contributed by atoms with Crippen LogP contribution in [0.25, 0.3) is 0 Å². The highest BCUT2D eigenvalue weighted by Crippen LogP contribution is 2.18. The summed E-state index contributed by atoms with van der Waals surface area (Å²) >= 11 is 1.74. The molecule has 5 nitrogen and oxygen atoms in total. The average Bonchev–Trinajstić information content (AvgIpc) is 2.78. The number of ether oxygens (including phenoxy) is 1. The molecule has 0 amide bonds. The first-order valence-corrected chi connectivity index (χ1v) is 11.4. The first-order chi connectivity index (χ1) is 14.7. The van der Waals surface area contributed by atoms with Crippen molar-refractivity contribution in [1.82, 2.24) is 15.5 Å². The summed E-state index contributed by atoms with van der Waals surface area (Å²) in [5.41, 5.74) is 2.58. The summed E-state index contributed by atoms with van der Waals surface area (Å²) in [7, 11) is 1.79. The van der Waals surface area contributed by atoms with E-state index in [1.807, 2.05) is 12.1 Å². The highest BCUT2D eigenvalue weighted by molar-refractivity contribution is 7.99. The highest BCUT2D eigenvalue weighted by atomic mass is 32.2. The molecule has 162 valence electrons. The van der Waals surface area contributed by atoms with Crippen molar-refractivity contribution in [1.29, 1.82) is 0 Å². The summed E-state index contributed by atoms with van der Waals surface area (Å²) in [5, 5.41) is 6.75. The van der Waals surface area contributed by atoms with Gasteiger partial charge in [-0.2, -0.15) is 0 Å². The van der Waals surface area contributed by atoms with Crippen molar-refractivity contribution in [3.8, 4) is 0 Å². The number of hydrogen-bond donors (Lipinski definition) is 2. The summed E-state index contributed by atoms with van der Waals surface area (Å²) in [6.07, 6.45) is 0.998. The lowest BCUT2D eigenvalue weighted by Crippen LogP contribution is -2.37. The first-order valence-electron chi connectivity index (χ1n) is 10.4. The molecular formula is C23H31FN4OS. The number of nitrogens with one attached hydrogen (secondary N) is 2. The molecular weight excluding hydrogens is 399 g/mol. The normalized spacial score (nSPS) is 15.2. The molecule has 3 rings (SSSR count). The predicted molar refractivity (Wildman–Crippen MR) is 122 cm³/mol. The van der Waals surface area contributed by atoms with Crippen LogP contribution in [0.3, 0.4) is 0 Å². The minimum atomic E-state index is -0.192. The van der Waals surface area contributed by atoms with Crippen molar-refractivity contribution in [3.63, 3.8) is 0 Å². The molecule has 0 spiro atoms. The fraction of sp³-hybridized carbons (Fsp3) is 0.435. The minimum absolute atomic E-state index is 0.192. The van der Waals surface area contributed by atoms with Gasteiger partial charge in [0.2, 0.25) is 0 Å². The Morgan fingerprint density at radius 3 is 2.63 bits per heavy atom. The molecule has 7 heteroatoms. The number of halogens is 1. The largest absolute Gasteiger partial charge is 0.379 e. The molecule has 0 atom stereocenters. The molecule has 1 fully saturated rings. The molecule has 1 heterocycles. The van der Waals surface area contributed by atoms with Gasteiger partial charge in [-0.05, 0) is 47.6 Å². The van der Waals surface area contributed by atoms with Gasteiger partial charge < -0.3 is 15.4 Å². The fourth-order valence-corrected chi connectivity index (χ4v) is 4.11. The number of benzene rings is 2. The van der Waals surface area contributed by atoms with Crippen molar-refractivity contribution >= 4 is 17.7 Å². The lowest BCUT2D eigenvalue weighted by molar-refractivity contribution is 0.0342. The topological polar surface area (TPSA) is 48.9 Å². The second-order valence-electron chi connectivity index (χ2n) is 7.22. The van der Waals surface area contributed by atoms with E-state index in [0.29, 0.717) is 0 Å². The summed E-state index contributed by atoms with van der Waals surface area (Å²) in [6.45, 7) is 6.19. The maximum absolute atomic E-state index is 12.9. The van der Waals surface area contributed by atoms with Crippen molar-refractivity contribution < 1.29 is 9.13 Å². The average molecular weight is 431 g/mol. The highest BCUT2D eigenvalue weighted by Gasteiger charge is 2.10. The Kier molecular flexibility index (Phi) is 9.47. The van der Waals surface area contributed by atoms with Crippen molar-refractivity contribution in [2.75, 3.05) is 45.6 Å². The molecule has 2 aromatic rings. The summed E-state index contributed by atoms with van der Waals surface area (Å²) in [4.78, 5) is 7.83. The standard InChI is InChI=1S/C23H31FN4OS/c1-25-23(26-10-3-15-30-22-8-6-21(24)7-9-22)27-17-19-4-2-5-20(16-19)18-28-11-13-29-14-12-28/h2,4-9,16H,3,10-15,17-18H2,1H3,(H2,25,26,27).